The zero-order valence-electron chi connectivity index (χ0n) is 14.0. The summed E-state index contributed by atoms with van der Waals surface area (Å²) in [6, 6.07) is 2.14. The second-order valence-electron chi connectivity index (χ2n) is 7.04. The number of rotatable bonds is 8. The summed E-state index contributed by atoms with van der Waals surface area (Å²) in [5, 5.41) is 14.5. The number of aliphatic hydroxyl groups is 1. The minimum atomic E-state index is -0.473. The molecule has 0 aliphatic carbocycles. The van der Waals surface area contributed by atoms with Crippen LogP contribution < -0.4 is 0 Å². The van der Waals surface area contributed by atoms with Gasteiger partial charge >= 0.3 is 0 Å². The van der Waals surface area contributed by atoms with E-state index in [0.717, 1.165) is 32.5 Å². The van der Waals surface area contributed by atoms with E-state index in [2.05, 4.69) is 21.7 Å². The minimum Gasteiger partial charge on any atom is -0.389 e. The SMILES string of the molecule is CC(C)(C)OC[C@@H](O)CN(Cc1ccsc1)C[C@H]1CCCO1. The number of hydrogen-bond donors (Lipinski definition) is 1. The van der Waals surface area contributed by atoms with Crippen molar-refractivity contribution in [2.75, 3.05) is 26.3 Å². The van der Waals surface area contributed by atoms with Crippen molar-refractivity contribution in [3.63, 3.8) is 0 Å². The van der Waals surface area contributed by atoms with Gasteiger partial charge < -0.3 is 14.6 Å². The Bertz CT molecular complexity index is 410. The van der Waals surface area contributed by atoms with Crippen LogP contribution in [-0.2, 0) is 16.0 Å². The molecule has 1 N–H and O–H groups in total. The maximum atomic E-state index is 10.3. The van der Waals surface area contributed by atoms with Crippen molar-refractivity contribution in [2.45, 2.75) is 58.0 Å². The second-order valence-corrected chi connectivity index (χ2v) is 7.82. The highest BCUT2D eigenvalue weighted by Crippen LogP contribution is 2.17. The first-order chi connectivity index (χ1) is 10.4. The Morgan fingerprint density at radius 3 is 2.91 bits per heavy atom. The quantitative estimate of drug-likeness (QED) is 0.797. The Balaban J connectivity index is 1.85. The predicted molar refractivity (Wildman–Crippen MR) is 90.3 cm³/mol. The fourth-order valence-electron chi connectivity index (χ4n) is 2.62. The monoisotopic (exact) mass is 327 g/mol. The summed E-state index contributed by atoms with van der Waals surface area (Å²) in [5.41, 5.74) is 1.08. The molecule has 22 heavy (non-hydrogen) atoms. The van der Waals surface area contributed by atoms with Gasteiger partial charge in [-0.3, -0.25) is 4.90 Å². The average Bonchev–Trinajstić information content (AvgIpc) is 3.09. The van der Waals surface area contributed by atoms with Gasteiger partial charge in [0.05, 0.1) is 24.4 Å². The molecule has 1 aromatic heterocycles. The molecule has 0 amide bonds. The van der Waals surface area contributed by atoms with E-state index in [9.17, 15) is 5.11 Å². The molecule has 2 heterocycles. The molecule has 0 saturated carbocycles. The lowest BCUT2D eigenvalue weighted by molar-refractivity contribution is -0.0594. The van der Waals surface area contributed by atoms with Crippen LogP contribution in [0.25, 0.3) is 0 Å². The largest absolute Gasteiger partial charge is 0.389 e. The van der Waals surface area contributed by atoms with Gasteiger partial charge in [0.25, 0.3) is 0 Å². The van der Waals surface area contributed by atoms with Crippen LogP contribution in [0.3, 0.4) is 0 Å². The molecule has 1 saturated heterocycles. The average molecular weight is 327 g/mol. The molecule has 1 fully saturated rings. The lowest BCUT2D eigenvalue weighted by Gasteiger charge is -2.28. The van der Waals surface area contributed by atoms with Crippen LogP contribution in [0.15, 0.2) is 16.8 Å². The van der Waals surface area contributed by atoms with E-state index in [1.54, 1.807) is 11.3 Å². The van der Waals surface area contributed by atoms with Crippen LogP contribution in [0, 0.1) is 0 Å². The lowest BCUT2D eigenvalue weighted by atomic mass is 10.2. The van der Waals surface area contributed by atoms with Gasteiger partial charge in [0.1, 0.15) is 0 Å². The molecule has 2 atom stereocenters. The molecule has 1 aliphatic rings. The third-order valence-corrected chi connectivity index (χ3v) is 4.38. The zero-order chi connectivity index (χ0) is 16.0. The highest BCUT2D eigenvalue weighted by Gasteiger charge is 2.22. The Morgan fingerprint density at radius 1 is 1.50 bits per heavy atom. The third kappa shape index (κ3) is 6.75. The normalized spacial score (nSPS) is 20.7. The van der Waals surface area contributed by atoms with Crippen molar-refractivity contribution in [2.24, 2.45) is 0 Å². The lowest BCUT2D eigenvalue weighted by Crippen LogP contribution is -2.40. The molecular weight excluding hydrogens is 298 g/mol. The smallest absolute Gasteiger partial charge is 0.0900 e. The van der Waals surface area contributed by atoms with E-state index in [1.807, 2.05) is 20.8 Å². The van der Waals surface area contributed by atoms with Gasteiger partial charge in [0, 0.05) is 26.2 Å². The maximum absolute atomic E-state index is 10.3. The second kappa shape index (κ2) is 8.41. The van der Waals surface area contributed by atoms with E-state index in [1.165, 1.54) is 5.56 Å². The van der Waals surface area contributed by atoms with Crippen LogP contribution >= 0.6 is 11.3 Å². The van der Waals surface area contributed by atoms with Gasteiger partial charge in [-0.05, 0) is 56.0 Å². The molecule has 126 valence electrons. The van der Waals surface area contributed by atoms with Gasteiger partial charge in [-0.2, -0.15) is 11.3 Å². The van der Waals surface area contributed by atoms with Crippen LogP contribution in [0.2, 0.25) is 0 Å². The first-order valence-electron chi connectivity index (χ1n) is 8.09. The van der Waals surface area contributed by atoms with E-state index < -0.39 is 6.10 Å². The summed E-state index contributed by atoms with van der Waals surface area (Å²) in [7, 11) is 0. The predicted octanol–water partition coefficient (Wildman–Crippen LogP) is 2.91. The number of hydrogen-bond acceptors (Lipinski definition) is 5. The van der Waals surface area contributed by atoms with Crippen LogP contribution in [-0.4, -0.2) is 54.1 Å². The van der Waals surface area contributed by atoms with Crippen molar-refractivity contribution >= 4 is 11.3 Å². The summed E-state index contributed by atoms with van der Waals surface area (Å²) in [6.07, 6.45) is 2.09. The van der Waals surface area contributed by atoms with Gasteiger partial charge in [-0.25, -0.2) is 0 Å². The Labute approximate surface area is 138 Å². The summed E-state index contributed by atoms with van der Waals surface area (Å²) < 4.78 is 11.4. The summed E-state index contributed by atoms with van der Waals surface area (Å²) in [4.78, 5) is 2.29. The summed E-state index contributed by atoms with van der Waals surface area (Å²) in [5.74, 6) is 0. The summed E-state index contributed by atoms with van der Waals surface area (Å²) in [6.45, 7) is 9.62. The molecule has 0 spiro atoms. The highest BCUT2D eigenvalue weighted by molar-refractivity contribution is 7.07. The fourth-order valence-corrected chi connectivity index (χ4v) is 3.28. The third-order valence-electron chi connectivity index (χ3n) is 3.65. The Hall–Kier alpha value is -0.460. The standard InChI is InChI=1S/C17H29NO3S/c1-17(2,3)21-12-15(19)10-18(9-14-6-8-22-13-14)11-16-5-4-7-20-16/h6,8,13,15-16,19H,4-5,7,9-12H2,1-3H3/t15-,16+/m0/s1. The molecule has 0 radical (unpaired) electrons. The van der Waals surface area contributed by atoms with Crippen LogP contribution in [0.5, 0.6) is 0 Å². The topological polar surface area (TPSA) is 41.9 Å². The fraction of sp³-hybridized carbons (Fsp3) is 0.765. The Morgan fingerprint density at radius 2 is 2.32 bits per heavy atom. The van der Waals surface area contributed by atoms with Crippen molar-refractivity contribution < 1.29 is 14.6 Å². The van der Waals surface area contributed by atoms with Crippen molar-refractivity contribution in [3.05, 3.63) is 22.4 Å². The minimum absolute atomic E-state index is 0.215. The maximum Gasteiger partial charge on any atom is 0.0900 e. The number of nitrogens with zero attached hydrogens (tertiary/aromatic N) is 1. The summed E-state index contributed by atoms with van der Waals surface area (Å²) >= 11 is 1.71. The van der Waals surface area contributed by atoms with Gasteiger partial charge in [-0.15, -0.1) is 0 Å². The number of aliphatic hydroxyl groups excluding tert-OH is 1. The molecule has 1 aromatic rings. The molecule has 2 rings (SSSR count). The van der Waals surface area contributed by atoms with E-state index in [0.29, 0.717) is 19.3 Å². The molecule has 0 aromatic carbocycles. The molecule has 0 bridgehead atoms. The molecule has 4 nitrogen and oxygen atoms in total. The number of ether oxygens (including phenoxy) is 2. The van der Waals surface area contributed by atoms with Gasteiger partial charge in [0.2, 0.25) is 0 Å². The zero-order valence-corrected chi connectivity index (χ0v) is 14.8. The molecule has 0 unspecified atom stereocenters. The first kappa shape index (κ1) is 17.9. The number of thiophene rings is 1. The van der Waals surface area contributed by atoms with E-state index in [-0.39, 0.29) is 5.60 Å². The van der Waals surface area contributed by atoms with Gasteiger partial charge in [-0.1, -0.05) is 0 Å². The van der Waals surface area contributed by atoms with E-state index >= 15 is 0 Å². The Kier molecular flexibility index (Phi) is 6.84. The first-order valence-corrected chi connectivity index (χ1v) is 9.04. The highest BCUT2D eigenvalue weighted by atomic mass is 32.1. The molecular formula is C17H29NO3S. The van der Waals surface area contributed by atoms with Crippen LogP contribution in [0.4, 0.5) is 0 Å². The molecule has 1 aliphatic heterocycles. The van der Waals surface area contributed by atoms with Crippen LogP contribution in [0.1, 0.15) is 39.2 Å². The van der Waals surface area contributed by atoms with E-state index in [4.69, 9.17) is 9.47 Å². The van der Waals surface area contributed by atoms with Gasteiger partial charge in [0.15, 0.2) is 0 Å². The molecule has 5 heteroatoms. The van der Waals surface area contributed by atoms with Crippen molar-refractivity contribution in [3.8, 4) is 0 Å². The van der Waals surface area contributed by atoms with Crippen molar-refractivity contribution in [1.82, 2.24) is 4.90 Å². The van der Waals surface area contributed by atoms with Crippen molar-refractivity contribution in [1.29, 1.82) is 0 Å².